The number of nitrogens with zero attached hydrogens (tertiary/aromatic N) is 4. The third-order valence-corrected chi connectivity index (χ3v) is 7.19. The Morgan fingerprint density at radius 2 is 1.77 bits per heavy atom. The standard InChI is InChI=1S/C25H25F6N5O3/c26-24(27,28)16-3-1-2-15(10-16)21(34-23(38)25(29,30)31)22(37)35-9-8-17-6-7-20(36(17)13-35)39-19-12-32-18(11-33-19)14-4-5-14/h1-3,10-12,14,17,20-21H,4-9,13H2,(H,34,38)/t17-,20-,21+/m0/s1. The molecule has 1 aliphatic carbocycles. The SMILES string of the molecule is O=C([C@H](NC(=O)C(F)(F)F)c1cccc(C(F)(F)F)c1)N1CC[C@@H]2CC[C@H](Oc3cnc(C4CC4)cn3)N2C1. The van der Waals surface area contributed by atoms with Crippen molar-refractivity contribution in [1.29, 1.82) is 0 Å². The van der Waals surface area contributed by atoms with E-state index in [1.807, 2.05) is 4.90 Å². The van der Waals surface area contributed by atoms with Crippen LogP contribution in [0.1, 0.15) is 60.9 Å². The van der Waals surface area contributed by atoms with Crippen molar-refractivity contribution in [2.45, 2.75) is 68.7 Å². The number of benzene rings is 1. The van der Waals surface area contributed by atoms with Gasteiger partial charge in [-0.15, -0.1) is 0 Å². The molecule has 0 unspecified atom stereocenters. The van der Waals surface area contributed by atoms with Gasteiger partial charge >= 0.3 is 18.3 Å². The predicted octanol–water partition coefficient (Wildman–Crippen LogP) is 4.15. The number of halogens is 6. The number of ether oxygens (including phenoxy) is 1. The van der Waals surface area contributed by atoms with Crippen LogP contribution in [-0.2, 0) is 15.8 Å². The van der Waals surface area contributed by atoms with Crippen molar-refractivity contribution >= 4 is 11.8 Å². The van der Waals surface area contributed by atoms with Gasteiger partial charge in [-0.1, -0.05) is 12.1 Å². The van der Waals surface area contributed by atoms with Crippen LogP contribution in [0.2, 0.25) is 0 Å². The van der Waals surface area contributed by atoms with Gasteiger partial charge < -0.3 is 15.0 Å². The average molecular weight is 557 g/mol. The van der Waals surface area contributed by atoms with Crippen molar-refractivity contribution < 1.29 is 40.7 Å². The summed E-state index contributed by atoms with van der Waals surface area (Å²) in [7, 11) is 0. The van der Waals surface area contributed by atoms with E-state index in [1.54, 1.807) is 11.5 Å². The van der Waals surface area contributed by atoms with Crippen molar-refractivity contribution in [2.75, 3.05) is 13.2 Å². The summed E-state index contributed by atoms with van der Waals surface area (Å²) in [5, 5.41) is 1.59. The quantitative estimate of drug-likeness (QED) is 0.537. The first kappa shape index (κ1) is 27.2. The molecule has 0 spiro atoms. The molecule has 8 nitrogen and oxygen atoms in total. The Balaban J connectivity index is 1.34. The van der Waals surface area contributed by atoms with E-state index in [1.165, 1.54) is 11.1 Å². The van der Waals surface area contributed by atoms with Gasteiger partial charge in [0.05, 0.1) is 30.3 Å². The molecular formula is C25H25F6N5O3. The number of nitrogens with one attached hydrogen (secondary N) is 1. The maximum Gasteiger partial charge on any atom is 0.471 e. The van der Waals surface area contributed by atoms with Crippen LogP contribution < -0.4 is 10.1 Å². The van der Waals surface area contributed by atoms with Crippen molar-refractivity contribution in [3.05, 3.63) is 53.5 Å². The second-order valence-electron chi connectivity index (χ2n) is 9.93. The second kappa shape index (κ2) is 10.3. The van der Waals surface area contributed by atoms with E-state index >= 15 is 0 Å². The second-order valence-corrected chi connectivity index (χ2v) is 9.93. The summed E-state index contributed by atoms with van der Waals surface area (Å²) in [5.74, 6) is -2.66. The molecule has 1 aromatic carbocycles. The summed E-state index contributed by atoms with van der Waals surface area (Å²) < 4.78 is 85.0. The predicted molar refractivity (Wildman–Crippen MR) is 123 cm³/mol. The molecule has 3 aliphatic rings. The van der Waals surface area contributed by atoms with Crippen LogP contribution in [0.4, 0.5) is 26.3 Å². The van der Waals surface area contributed by atoms with E-state index < -0.39 is 47.6 Å². The lowest BCUT2D eigenvalue weighted by atomic mass is 10.0. The summed E-state index contributed by atoms with van der Waals surface area (Å²) in [6.45, 7) is 0.110. The molecule has 2 amide bonds. The summed E-state index contributed by atoms with van der Waals surface area (Å²) >= 11 is 0. The highest BCUT2D eigenvalue weighted by atomic mass is 19.4. The highest BCUT2D eigenvalue weighted by molar-refractivity contribution is 5.90. The number of carbonyl (C=O) groups is 2. The zero-order valence-corrected chi connectivity index (χ0v) is 20.5. The van der Waals surface area contributed by atoms with Gasteiger partial charge in [0.1, 0.15) is 6.04 Å². The molecule has 3 heterocycles. The largest absolute Gasteiger partial charge is 0.471 e. The van der Waals surface area contributed by atoms with Gasteiger partial charge in [-0.3, -0.25) is 14.6 Å². The van der Waals surface area contributed by atoms with E-state index in [9.17, 15) is 35.9 Å². The molecule has 2 aromatic rings. The van der Waals surface area contributed by atoms with Crippen LogP contribution in [-0.4, -0.2) is 63.2 Å². The van der Waals surface area contributed by atoms with Crippen molar-refractivity contribution in [3.63, 3.8) is 0 Å². The van der Waals surface area contributed by atoms with Gasteiger partial charge in [-0.05, 0) is 49.8 Å². The summed E-state index contributed by atoms with van der Waals surface area (Å²) in [6, 6.07) is 1.42. The van der Waals surface area contributed by atoms with Crippen molar-refractivity contribution in [2.24, 2.45) is 0 Å². The average Bonchev–Trinajstić information content (AvgIpc) is 3.67. The van der Waals surface area contributed by atoms with Gasteiger partial charge in [-0.25, -0.2) is 9.88 Å². The van der Waals surface area contributed by atoms with Gasteiger partial charge in [0.25, 0.3) is 5.91 Å². The number of aromatic nitrogens is 2. The molecule has 210 valence electrons. The lowest BCUT2D eigenvalue weighted by Crippen LogP contribution is -2.56. The normalized spacial score (nSPS) is 22.8. The molecule has 2 saturated heterocycles. The highest BCUT2D eigenvalue weighted by Gasteiger charge is 2.45. The van der Waals surface area contributed by atoms with E-state index in [2.05, 4.69) is 9.97 Å². The van der Waals surface area contributed by atoms with E-state index in [4.69, 9.17) is 4.74 Å². The van der Waals surface area contributed by atoms with Crippen molar-refractivity contribution in [3.8, 4) is 5.88 Å². The summed E-state index contributed by atoms with van der Waals surface area (Å²) in [4.78, 5) is 37.0. The Bertz CT molecular complexity index is 1220. The van der Waals surface area contributed by atoms with Gasteiger partial charge in [0.15, 0.2) is 6.23 Å². The summed E-state index contributed by atoms with van der Waals surface area (Å²) in [5.41, 5.74) is -0.669. The number of hydrogen-bond donors (Lipinski definition) is 1. The fourth-order valence-corrected chi connectivity index (χ4v) is 4.99. The Hall–Kier alpha value is -3.42. The molecule has 1 aromatic heterocycles. The Kier molecular flexibility index (Phi) is 7.16. The molecule has 39 heavy (non-hydrogen) atoms. The lowest BCUT2D eigenvalue weighted by molar-refractivity contribution is -0.175. The molecule has 2 aliphatic heterocycles. The van der Waals surface area contributed by atoms with Crippen LogP contribution >= 0.6 is 0 Å². The molecule has 5 rings (SSSR count). The molecule has 0 bridgehead atoms. The third kappa shape index (κ3) is 6.10. The fourth-order valence-electron chi connectivity index (χ4n) is 4.99. The minimum absolute atomic E-state index is 0.0366. The van der Waals surface area contributed by atoms with E-state index in [0.29, 0.717) is 30.7 Å². The number of carbonyl (C=O) groups excluding carboxylic acids is 2. The molecule has 1 saturated carbocycles. The smallest absolute Gasteiger partial charge is 0.457 e. The highest BCUT2D eigenvalue weighted by Crippen LogP contribution is 2.39. The number of alkyl halides is 6. The monoisotopic (exact) mass is 557 g/mol. The van der Waals surface area contributed by atoms with Crippen LogP contribution in [0.5, 0.6) is 5.88 Å². The number of amides is 2. The van der Waals surface area contributed by atoms with Crippen molar-refractivity contribution in [1.82, 2.24) is 25.1 Å². The first-order valence-electron chi connectivity index (χ1n) is 12.5. The van der Waals surface area contributed by atoms with Crippen LogP contribution in [0.3, 0.4) is 0 Å². The van der Waals surface area contributed by atoms with Crippen LogP contribution in [0.15, 0.2) is 36.7 Å². The van der Waals surface area contributed by atoms with Gasteiger partial charge in [-0.2, -0.15) is 26.3 Å². The maximum absolute atomic E-state index is 13.5. The Morgan fingerprint density at radius 1 is 1.00 bits per heavy atom. The van der Waals surface area contributed by atoms with Gasteiger partial charge in [0, 0.05) is 18.5 Å². The molecule has 1 N–H and O–H groups in total. The first-order chi connectivity index (χ1) is 18.4. The zero-order chi connectivity index (χ0) is 27.9. The van der Waals surface area contributed by atoms with Crippen LogP contribution in [0.25, 0.3) is 0 Å². The fraction of sp³-hybridized carbons (Fsp3) is 0.520. The molecule has 3 atom stereocenters. The first-order valence-corrected chi connectivity index (χ1v) is 12.5. The molecule has 0 radical (unpaired) electrons. The van der Waals surface area contributed by atoms with E-state index in [0.717, 1.165) is 43.2 Å². The minimum Gasteiger partial charge on any atom is -0.457 e. The van der Waals surface area contributed by atoms with Gasteiger partial charge in [0.2, 0.25) is 5.88 Å². The maximum atomic E-state index is 13.5. The molecule has 14 heteroatoms. The zero-order valence-electron chi connectivity index (χ0n) is 20.5. The Labute approximate surface area is 219 Å². The van der Waals surface area contributed by atoms with E-state index in [-0.39, 0.29) is 19.3 Å². The van der Waals surface area contributed by atoms with Crippen LogP contribution in [0, 0.1) is 0 Å². The number of hydrogen-bond acceptors (Lipinski definition) is 6. The third-order valence-electron chi connectivity index (χ3n) is 7.19. The number of rotatable bonds is 6. The lowest BCUT2D eigenvalue weighted by Gasteiger charge is -2.41. The Morgan fingerprint density at radius 3 is 2.41 bits per heavy atom. The minimum atomic E-state index is -5.34. The molecular weight excluding hydrogens is 532 g/mol. The number of fused-ring (bicyclic) bond motifs is 1. The summed E-state index contributed by atoms with van der Waals surface area (Å²) in [6.07, 6.45) is -3.44. The molecule has 3 fully saturated rings. The topological polar surface area (TPSA) is 87.7 Å².